The SMILES string of the molecule is CCc1ccc(C(=O)N(N)C(=O)N2CCC(F)(c3ccc(C#N)cc3)CC2)c(C2CC2)c1. The number of amides is 3. The number of likely N-dealkylation sites (tertiary alicyclic amines) is 1. The molecule has 7 heteroatoms. The quantitative estimate of drug-likeness (QED) is 0.439. The fraction of sp³-hybridized carbons (Fsp3) is 0.400. The van der Waals surface area contributed by atoms with Gasteiger partial charge in [0, 0.05) is 31.5 Å². The zero-order chi connectivity index (χ0) is 22.9. The first kappa shape index (κ1) is 22.0. The lowest BCUT2D eigenvalue weighted by molar-refractivity contribution is 0.0536. The van der Waals surface area contributed by atoms with E-state index < -0.39 is 17.6 Å². The van der Waals surface area contributed by atoms with Crippen LogP contribution < -0.4 is 5.84 Å². The van der Waals surface area contributed by atoms with Gasteiger partial charge in [-0.05, 0) is 60.1 Å². The Bertz CT molecular complexity index is 1060. The summed E-state index contributed by atoms with van der Waals surface area (Å²) in [5.41, 5.74) is 1.96. The van der Waals surface area contributed by atoms with Crippen molar-refractivity contribution < 1.29 is 14.0 Å². The minimum absolute atomic E-state index is 0.102. The van der Waals surface area contributed by atoms with Gasteiger partial charge in [0.05, 0.1) is 11.6 Å². The third-order valence-corrected chi connectivity index (χ3v) is 6.55. The molecule has 1 saturated heterocycles. The zero-order valence-corrected chi connectivity index (χ0v) is 18.2. The van der Waals surface area contributed by atoms with Crippen molar-refractivity contribution in [2.24, 2.45) is 5.84 Å². The van der Waals surface area contributed by atoms with Gasteiger partial charge in [-0.2, -0.15) is 10.3 Å². The van der Waals surface area contributed by atoms with Gasteiger partial charge >= 0.3 is 6.03 Å². The monoisotopic (exact) mass is 434 g/mol. The number of nitrogens with two attached hydrogens (primary N) is 1. The van der Waals surface area contributed by atoms with Crippen molar-refractivity contribution in [2.75, 3.05) is 13.1 Å². The van der Waals surface area contributed by atoms with Gasteiger partial charge in [-0.15, -0.1) is 0 Å². The van der Waals surface area contributed by atoms with Crippen LogP contribution in [0.3, 0.4) is 0 Å². The number of urea groups is 1. The number of alkyl halides is 1. The van der Waals surface area contributed by atoms with Gasteiger partial charge in [-0.1, -0.05) is 31.2 Å². The van der Waals surface area contributed by atoms with E-state index >= 15 is 4.39 Å². The predicted molar refractivity (Wildman–Crippen MR) is 118 cm³/mol. The van der Waals surface area contributed by atoms with Gasteiger partial charge in [0.2, 0.25) is 0 Å². The molecule has 0 bridgehead atoms. The molecule has 3 amide bonds. The lowest BCUT2D eigenvalue weighted by atomic mass is 9.86. The third kappa shape index (κ3) is 4.23. The molecule has 2 aromatic carbocycles. The van der Waals surface area contributed by atoms with Gasteiger partial charge in [0.25, 0.3) is 5.91 Å². The van der Waals surface area contributed by atoms with Crippen molar-refractivity contribution >= 4 is 11.9 Å². The minimum atomic E-state index is -1.58. The summed E-state index contributed by atoms with van der Waals surface area (Å²) in [6.45, 7) is 2.37. The van der Waals surface area contributed by atoms with Crippen LogP contribution in [-0.4, -0.2) is 34.9 Å². The Balaban J connectivity index is 1.44. The van der Waals surface area contributed by atoms with E-state index in [2.05, 4.69) is 6.92 Å². The number of piperidine rings is 1. The first-order chi connectivity index (χ1) is 15.4. The molecule has 0 atom stereocenters. The number of hydrazine groups is 1. The van der Waals surface area contributed by atoms with E-state index in [0.29, 0.717) is 27.6 Å². The smallest absolute Gasteiger partial charge is 0.323 e. The van der Waals surface area contributed by atoms with Crippen LogP contribution in [0.1, 0.15) is 71.1 Å². The summed E-state index contributed by atoms with van der Waals surface area (Å²) in [6, 6.07) is 13.5. The standard InChI is InChI=1S/C25H27FN4O2/c1-2-17-5-10-21(22(15-17)19-6-7-19)23(31)30(28)24(32)29-13-11-25(26,12-14-29)20-8-3-18(16-27)4-9-20/h3-5,8-10,15,19H,2,6-7,11-14,28H2,1H3. The van der Waals surface area contributed by atoms with Crippen LogP contribution in [0, 0.1) is 11.3 Å². The molecule has 1 heterocycles. The van der Waals surface area contributed by atoms with Gasteiger partial charge in [-0.25, -0.2) is 15.0 Å². The number of nitrogens with zero attached hydrogens (tertiary/aromatic N) is 3. The topological polar surface area (TPSA) is 90.4 Å². The summed E-state index contributed by atoms with van der Waals surface area (Å²) in [7, 11) is 0. The average Bonchev–Trinajstić information content (AvgIpc) is 3.68. The van der Waals surface area contributed by atoms with Crippen LogP contribution >= 0.6 is 0 Å². The Hall–Kier alpha value is -3.24. The number of imide groups is 1. The highest BCUT2D eigenvalue weighted by Gasteiger charge is 2.39. The molecule has 0 unspecified atom stereocenters. The van der Waals surface area contributed by atoms with Crippen LogP contribution in [0.4, 0.5) is 9.18 Å². The number of aryl methyl sites for hydroxylation is 1. The summed E-state index contributed by atoms with van der Waals surface area (Å²) in [5.74, 6) is 5.78. The molecule has 166 valence electrons. The Morgan fingerprint density at radius 3 is 2.41 bits per heavy atom. The van der Waals surface area contributed by atoms with Gasteiger partial charge in [0.15, 0.2) is 0 Å². The summed E-state index contributed by atoms with van der Waals surface area (Å²) >= 11 is 0. The van der Waals surface area contributed by atoms with Crippen LogP contribution in [-0.2, 0) is 12.1 Å². The zero-order valence-electron chi connectivity index (χ0n) is 18.2. The third-order valence-electron chi connectivity index (χ3n) is 6.55. The lowest BCUT2D eigenvalue weighted by Crippen LogP contribution is -2.53. The van der Waals surface area contributed by atoms with Crippen LogP contribution in [0.15, 0.2) is 42.5 Å². The first-order valence-electron chi connectivity index (χ1n) is 11.1. The maximum Gasteiger partial charge on any atom is 0.341 e. The van der Waals surface area contributed by atoms with Crippen molar-refractivity contribution in [3.05, 3.63) is 70.3 Å². The maximum atomic E-state index is 15.5. The number of hydrogen-bond donors (Lipinski definition) is 1. The maximum absolute atomic E-state index is 15.5. The summed E-state index contributed by atoms with van der Waals surface area (Å²) in [4.78, 5) is 27.4. The number of nitriles is 1. The number of carbonyl (C=O) groups is 2. The number of halogens is 1. The van der Waals surface area contributed by atoms with Crippen LogP contribution in [0.2, 0.25) is 0 Å². The predicted octanol–water partition coefficient (Wildman–Crippen LogP) is 4.39. The molecule has 4 rings (SSSR count). The fourth-order valence-corrected chi connectivity index (χ4v) is 4.31. The fourth-order valence-electron chi connectivity index (χ4n) is 4.31. The van der Waals surface area contributed by atoms with E-state index in [1.807, 2.05) is 18.2 Å². The molecule has 1 aliphatic carbocycles. The van der Waals surface area contributed by atoms with Crippen molar-refractivity contribution in [2.45, 2.75) is 50.6 Å². The molecule has 0 aromatic heterocycles. The Morgan fingerprint density at radius 2 is 1.84 bits per heavy atom. The molecular weight excluding hydrogens is 407 g/mol. The molecule has 1 saturated carbocycles. The highest BCUT2D eigenvalue weighted by atomic mass is 19.1. The Morgan fingerprint density at radius 1 is 1.19 bits per heavy atom. The number of carbonyl (C=O) groups excluding carboxylic acids is 2. The first-order valence-corrected chi connectivity index (χ1v) is 11.1. The molecule has 2 aromatic rings. The number of benzene rings is 2. The van der Waals surface area contributed by atoms with Gasteiger partial charge < -0.3 is 4.90 Å². The van der Waals surface area contributed by atoms with E-state index in [1.165, 1.54) is 4.90 Å². The van der Waals surface area contributed by atoms with Crippen LogP contribution in [0.25, 0.3) is 0 Å². The second-order valence-electron chi connectivity index (χ2n) is 8.65. The van der Waals surface area contributed by atoms with E-state index in [9.17, 15) is 9.59 Å². The number of hydrogen-bond acceptors (Lipinski definition) is 4. The molecule has 0 radical (unpaired) electrons. The lowest BCUT2D eigenvalue weighted by Gasteiger charge is -2.37. The highest BCUT2D eigenvalue weighted by Crippen LogP contribution is 2.42. The molecule has 6 nitrogen and oxygen atoms in total. The molecule has 32 heavy (non-hydrogen) atoms. The summed E-state index contributed by atoms with van der Waals surface area (Å²) in [6.07, 6.45) is 3.14. The van der Waals surface area contributed by atoms with E-state index in [0.717, 1.165) is 30.4 Å². The van der Waals surface area contributed by atoms with Crippen molar-refractivity contribution in [1.82, 2.24) is 9.91 Å². The van der Waals surface area contributed by atoms with E-state index in [4.69, 9.17) is 11.1 Å². The van der Waals surface area contributed by atoms with Crippen LogP contribution in [0.5, 0.6) is 0 Å². The van der Waals surface area contributed by atoms with Crippen molar-refractivity contribution in [3.63, 3.8) is 0 Å². The minimum Gasteiger partial charge on any atom is -0.323 e. The van der Waals surface area contributed by atoms with Crippen molar-refractivity contribution in [1.29, 1.82) is 5.26 Å². The molecule has 2 aliphatic rings. The summed E-state index contributed by atoms with van der Waals surface area (Å²) < 4.78 is 15.5. The molecule has 1 aliphatic heterocycles. The van der Waals surface area contributed by atoms with E-state index in [1.54, 1.807) is 30.3 Å². The molecule has 2 fully saturated rings. The average molecular weight is 435 g/mol. The Labute approximate surface area is 187 Å². The second kappa shape index (κ2) is 8.71. The van der Waals surface area contributed by atoms with Gasteiger partial charge in [0.1, 0.15) is 5.67 Å². The molecular formula is C25H27FN4O2. The van der Waals surface area contributed by atoms with Crippen molar-refractivity contribution in [3.8, 4) is 6.07 Å². The molecule has 2 N–H and O–H groups in total. The summed E-state index contributed by atoms with van der Waals surface area (Å²) in [5, 5.41) is 9.59. The van der Waals surface area contributed by atoms with E-state index in [-0.39, 0.29) is 25.9 Å². The molecule has 0 spiro atoms. The van der Waals surface area contributed by atoms with Gasteiger partial charge in [-0.3, -0.25) is 4.79 Å². The normalized spacial score (nSPS) is 17.5. The largest absolute Gasteiger partial charge is 0.341 e. The number of rotatable bonds is 4. The Kier molecular flexibility index (Phi) is 5.98. The highest BCUT2D eigenvalue weighted by molar-refractivity contribution is 6.04. The second-order valence-corrected chi connectivity index (χ2v) is 8.65.